The molecule has 0 saturated carbocycles. The highest BCUT2D eigenvalue weighted by Gasteiger charge is 2.21. The van der Waals surface area contributed by atoms with E-state index in [0.717, 1.165) is 38.4 Å². The van der Waals surface area contributed by atoms with Gasteiger partial charge >= 0.3 is 0 Å². The fourth-order valence-electron chi connectivity index (χ4n) is 3.17. The number of hydrogen-bond donors (Lipinski definition) is 1. The summed E-state index contributed by atoms with van der Waals surface area (Å²) in [6.07, 6.45) is 1.07. The second-order valence-corrected chi connectivity index (χ2v) is 5.70. The summed E-state index contributed by atoms with van der Waals surface area (Å²) < 4.78 is 5.55. The molecule has 0 amide bonds. The second kappa shape index (κ2) is 6.12. The summed E-state index contributed by atoms with van der Waals surface area (Å²) in [5.74, 6) is 1.08. The Bertz CT molecular complexity index is 428. The number of ether oxygens (including phenoxy) is 1. The molecule has 106 valence electrons. The Morgan fingerprint density at radius 1 is 1.26 bits per heavy atom. The van der Waals surface area contributed by atoms with Crippen molar-refractivity contribution in [3.05, 3.63) is 29.3 Å². The van der Waals surface area contributed by atoms with E-state index >= 15 is 0 Å². The van der Waals surface area contributed by atoms with Crippen LogP contribution in [0.1, 0.15) is 25.0 Å². The van der Waals surface area contributed by atoms with Gasteiger partial charge in [-0.3, -0.25) is 4.90 Å². The Labute approximate surface area is 121 Å². The molecule has 0 bridgehead atoms. The molecule has 3 nitrogen and oxygen atoms in total. The van der Waals surface area contributed by atoms with Crippen LogP contribution in [-0.2, 0) is 13.0 Å². The summed E-state index contributed by atoms with van der Waals surface area (Å²) in [7, 11) is 0. The first-order chi connectivity index (χ1) is 8.70. The predicted octanol–water partition coefficient (Wildman–Crippen LogP) is 2.23. The van der Waals surface area contributed by atoms with Gasteiger partial charge in [0.2, 0.25) is 0 Å². The van der Waals surface area contributed by atoms with Crippen molar-refractivity contribution in [2.75, 3.05) is 19.7 Å². The highest BCUT2D eigenvalue weighted by atomic mass is 35.5. The van der Waals surface area contributed by atoms with E-state index < -0.39 is 0 Å². The summed E-state index contributed by atoms with van der Waals surface area (Å²) >= 11 is 0. The van der Waals surface area contributed by atoms with Crippen molar-refractivity contribution >= 4 is 12.4 Å². The zero-order valence-corrected chi connectivity index (χ0v) is 12.5. The Morgan fingerprint density at radius 3 is 2.74 bits per heavy atom. The van der Waals surface area contributed by atoms with Crippen molar-refractivity contribution in [3.8, 4) is 5.75 Å². The minimum absolute atomic E-state index is 0. The topological polar surface area (TPSA) is 24.5 Å². The molecule has 1 saturated heterocycles. The Hall–Kier alpha value is -0.770. The van der Waals surface area contributed by atoms with E-state index in [1.54, 1.807) is 0 Å². The van der Waals surface area contributed by atoms with Crippen LogP contribution in [-0.4, -0.2) is 36.7 Å². The van der Waals surface area contributed by atoms with Crippen LogP contribution in [0.2, 0.25) is 0 Å². The highest BCUT2D eigenvalue weighted by molar-refractivity contribution is 5.85. The van der Waals surface area contributed by atoms with Crippen LogP contribution >= 0.6 is 12.4 Å². The largest absolute Gasteiger partial charge is 0.493 e. The Balaban J connectivity index is 0.00000133. The molecular formula is C15H23ClN2O. The fraction of sp³-hybridized carbons (Fsp3) is 0.600. The van der Waals surface area contributed by atoms with Crippen molar-refractivity contribution in [2.45, 2.75) is 38.9 Å². The third kappa shape index (κ3) is 3.41. The number of benzene rings is 1. The lowest BCUT2D eigenvalue weighted by molar-refractivity contribution is 0.166. The first-order valence-electron chi connectivity index (χ1n) is 6.94. The van der Waals surface area contributed by atoms with Gasteiger partial charge in [-0.25, -0.2) is 0 Å². The minimum atomic E-state index is 0. The van der Waals surface area contributed by atoms with E-state index in [1.165, 1.54) is 11.1 Å². The van der Waals surface area contributed by atoms with Gasteiger partial charge in [0, 0.05) is 38.1 Å². The fourth-order valence-corrected chi connectivity index (χ4v) is 3.17. The number of rotatable bonds is 2. The molecule has 2 aliphatic heterocycles. The minimum Gasteiger partial charge on any atom is -0.493 e. The van der Waals surface area contributed by atoms with Gasteiger partial charge in [-0.1, -0.05) is 12.1 Å². The van der Waals surface area contributed by atoms with Gasteiger partial charge in [0.25, 0.3) is 0 Å². The summed E-state index contributed by atoms with van der Waals surface area (Å²) in [5, 5.41) is 3.57. The molecule has 1 aromatic rings. The zero-order valence-electron chi connectivity index (χ0n) is 11.7. The van der Waals surface area contributed by atoms with Crippen molar-refractivity contribution < 1.29 is 4.74 Å². The van der Waals surface area contributed by atoms with Crippen LogP contribution in [0.4, 0.5) is 0 Å². The molecule has 0 radical (unpaired) electrons. The van der Waals surface area contributed by atoms with Crippen molar-refractivity contribution in [1.82, 2.24) is 10.2 Å². The third-order valence-corrected chi connectivity index (χ3v) is 3.79. The summed E-state index contributed by atoms with van der Waals surface area (Å²) in [5.41, 5.74) is 2.80. The van der Waals surface area contributed by atoms with Crippen molar-refractivity contribution in [2.24, 2.45) is 0 Å². The Kier molecular flexibility index (Phi) is 4.71. The van der Waals surface area contributed by atoms with Gasteiger partial charge in [0.1, 0.15) is 5.75 Å². The normalized spacial score (nSPS) is 26.4. The lowest BCUT2D eigenvalue weighted by Gasteiger charge is -2.36. The molecular weight excluding hydrogens is 260 g/mol. The molecule has 4 heteroatoms. The maximum atomic E-state index is 5.55. The van der Waals surface area contributed by atoms with Gasteiger partial charge in [0.05, 0.1) is 6.61 Å². The monoisotopic (exact) mass is 282 g/mol. The van der Waals surface area contributed by atoms with E-state index in [-0.39, 0.29) is 12.4 Å². The number of nitrogens with one attached hydrogen (secondary N) is 1. The number of fused-ring (bicyclic) bond motifs is 1. The van der Waals surface area contributed by atoms with Gasteiger partial charge < -0.3 is 10.1 Å². The van der Waals surface area contributed by atoms with E-state index in [4.69, 9.17) is 4.74 Å². The van der Waals surface area contributed by atoms with Crippen molar-refractivity contribution in [3.63, 3.8) is 0 Å². The zero-order chi connectivity index (χ0) is 12.5. The third-order valence-electron chi connectivity index (χ3n) is 3.79. The molecule has 0 aromatic heterocycles. The molecule has 1 aromatic carbocycles. The van der Waals surface area contributed by atoms with Gasteiger partial charge in [-0.2, -0.15) is 0 Å². The second-order valence-electron chi connectivity index (χ2n) is 5.70. The summed E-state index contributed by atoms with van der Waals surface area (Å²) in [6, 6.07) is 7.84. The smallest absolute Gasteiger partial charge is 0.122 e. The molecule has 2 aliphatic rings. The Morgan fingerprint density at radius 2 is 2.00 bits per heavy atom. The van der Waals surface area contributed by atoms with Crippen LogP contribution in [0.15, 0.2) is 18.2 Å². The lowest BCUT2D eigenvalue weighted by Crippen LogP contribution is -2.53. The number of halogens is 1. The maximum absolute atomic E-state index is 5.55. The molecule has 3 rings (SSSR count). The molecule has 1 fully saturated rings. The predicted molar refractivity (Wildman–Crippen MR) is 80.2 cm³/mol. The maximum Gasteiger partial charge on any atom is 0.122 e. The van der Waals surface area contributed by atoms with Gasteiger partial charge in [-0.05, 0) is 31.0 Å². The molecule has 2 atom stereocenters. The standard InChI is InChI=1S/C15H22N2O.ClH/c1-11-8-17(9-12(2)16-11)10-13-3-4-15-14(7-13)5-6-18-15;/h3-4,7,11-12,16H,5-6,8-10H2,1-2H3;1H. The summed E-state index contributed by atoms with van der Waals surface area (Å²) in [6.45, 7) is 8.71. The molecule has 1 N–H and O–H groups in total. The van der Waals surface area contributed by atoms with Crippen LogP contribution < -0.4 is 10.1 Å². The van der Waals surface area contributed by atoms with E-state index in [2.05, 4.69) is 42.3 Å². The van der Waals surface area contributed by atoms with Crippen LogP contribution in [0.3, 0.4) is 0 Å². The van der Waals surface area contributed by atoms with E-state index in [1.807, 2.05) is 0 Å². The van der Waals surface area contributed by atoms with E-state index in [9.17, 15) is 0 Å². The lowest BCUT2D eigenvalue weighted by atomic mass is 10.1. The quantitative estimate of drug-likeness (QED) is 0.900. The van der Waals surface area contributed by atoms with E-state index in [0.29, 0.717) is 12.1 Å². The molecule has 19 heavy (non-hydrogen) atoms. The number of piperazine rings is 1. The highest BCUT2D eigenvalue weighted by Crippen LogP contribution is 2.26. The summed E-state index contributed by atoms with van der Waals surface area (Å²) in [4.78, 5) is 2.55. The molecule has 0 spiro atoms. The number of nitrogens with zero attached hydrogens (tertiary/aromatic N) is 1. The molecule has 0 aliphatic carbocycles. The molecule has 2 heterocycles. The average molecular weight is 283 g/mol. The van der Waals surface area contributed by atoms with Crippen LogP contribution in [0.5, 0.6) is 5.75 Å². The average Bonchev–Trinajstić information content (AvgIpc) is 2.74. The first-order valence-corrected chi connectivity index (χ1v) is 6.94. The first kappa shape index (κ1) is 14.6. The number of hydrogen-bond acceptors (Lipinski definition) is 3. The van der Waals surface area contributed by atoms with Gasteiger partial charge in [0.15, 0.2) is 0 Å². The van der Waals surface area contributed by atoms with Crippen LogP contribution in [0, 0.1) is 0 Å². The van der Waals surface area contributed by atoms with Crippen molar-refractivity contribution in [1.29, 1.82) is 0 Å². The van der Waals surface area contributed by atoms with Crippen LogP contribution in [0.25, 0.3) is 0 Å². The molecule has 2 unspecified atom stereocenters. The SMILES string of the molecule is CC1CN(Cc2ccc3c(c2)CCO3)CC(C)N1.Cl. The van der Waals surface area contributed by atoms with Gasteiger partial charge in [-0.15, -0.1) is 12.4 Å².